The molecule has 1 aromatic carbocycles. The Morgan fingerprint density at radius 2 is 1.81 bits per heavy atom. The summed E-state index contributed by atoms with van der Waals surface area (Å²) in [5.41, 5.74) is 1.20. The van der Waals surface area contributed by atoms with Gasteiger partial charge >= 0.3 is 5.97 Å². The largest absolute Gasteiger partial charge is 0.454 e. The van der Waals surface area contributed by atoms with E-state index in [2.05, 4.69) is 0 Å². The first-order valence-electron chi connectivity index (χ1n) is 8.64. The van der Waals surface area contributed by atoms with Crippen molar-refractivity contribution in [3.05, 3.63) is 51.9 Å². The van der Waals surface area contributed by atoms with Crippen LogP contribution in [-0.4, -0.2) is 26.4 Å². The number of fused-ring (bicyclic) bond motifs is 1. The van der Waals surface area contributed by atoms with E-state index in [9.17, 15) is 18.0 Å². The average Bonchev–Trinajstić information content (AvgIpc) is 2.94. The topological polar surface area (TPSA) is 77.5 Å². The van der Waals surface area contributed by atoms with Gasteiger partial charge in [0.1, 0.15) is 15.2 Å². The highest BCUT2D eigenvalue weighted by molar-refractivity contribution is 7.92. The lowest BCUT2D eigenvalue weighted by Crippen LogP contribution is -2.28. The monoisotopic (exact) mass is 406 g/mol. The van der Waals surface area contributed by atoms with Gasteiger partial charge in [0.05, 0.1) is 5.56 Å². The Kier molecular flexibility index (Phi) is 5.03. The lowest BCUT2D eigenvalue weighted by Gasteiger charge is -2.29. The molecule has 7 heteroatoms. The fourth-order valence-electron chi connectivity index (χ4n) is 3.39. The van der Waals surface area contributed by atoms with Crippen molar-refractivity contribution in [1.29, 1.82) is 0 Å². The van der Waals surface area contributed by atoms with Crippen molar-refractivity contribution in [3.8, 4) is 0 Å². The third-order valence-corrected chi connectivity index (χ3v) is 7.67. The minimum Gasteiger partial charge on any atom is -0.454 e. The van der Waals surface area contributed by atoms with Crippen molar-refractivity contribution in [2.75, 3.05) is 6.26 Å². The lowest BCUT2D eigenvalue weighted by molar-refractivity contribution is 0.0342. The molecular weight excluding hydrogens is 384 g/mol. The molecule has 27 heavy (non-hydrogen) atoms. The minimum absolute atomic E-state index is 0.0303. The highest BCUT2D eigenvalue weighted by Gasteiger charge is 2.40. The first kappa shape index (κ1) is 19.8. The summed E-state index contributed by atoms with van der Waals surface area (Å²) in [6, 6.07) is 9.30. The van der Waals surface area contributed by atoms with Crippen LogP contribution in [0.5, 0.6) is 0 Å². The Morgan fingerprint density at radius 1 is 1.19 bits per heavy atom. The van der Waals surface area contributed by atoms with Gasteiger partial charge in [-0.1, -0.05) is 44.2 Å². The third-order valence-electron chi connectivity index (χ3n) is 4.62. The fraction of sp³-hybridized carbons (Fsp3) is 0.400. The Hall–Kier alpha value is -1.99. The van der Waals surface area contributed by atoms with Gasteiger partial charge in [-0.3, -0.25) is 4.79 Å². The molecule has 0 aliphatic heterocycles. The van der Waals surface area contributed by atoms with Gasteiger partial charge in [-0.25, -0.2) is 13.2 Å². The summed E-state index contributed by atoms with van der Waals surface area (Å²) in [6.07, 6.45) is 1.30. The Morgan fingerprint density at radius 3 is 2.41 bits per heavy atom. The molecule has 0 saturated carbocycles. The molecule has 0 radical (unpaired) electrons. The summed E-state index contributed by atoms with van der Waals surface area (Å²) >= 11 is 0.849. The second-order valence-electron chi connectivity index (χ2n) is 7.74. The number of benzene rings is 1. The number of ketones is 1. The molecule has 0 amide bonds. The molecular formula is C20H22O5S2. The molecule has 2 aromatic rings. The zero-order valence-electron chi connectivity index (χ0n) is 15.7. The summed E-state index contributed by atoms with van der Waals surface area (Å²) in [5, 5.41) is 0. The third kappa shape index (κ3) is 3.99. The van der Waals surface area contributed by atoms with Crippen LogP contribution in [0.25, 0.3) is 0 Å². The second kappa shape index (κ2) is 6.87. The van der Waals surface area contributed by atoms with Gasteiger partial charge in [0.15, 0.2) is 15.6 Å². The fourth-order valence-corrected chi connectivity index (χ4v) is 5.81. The van der Waals surface area contributed by atoms with Gasteiger partial charge in [0.25, 0.3) is 0 Å². The van der Waals surface area contributed by atoms with E-state index < -0.39 is 21.9 Å². The molecule has 5 nitrogen and oxygen atoms in total. The van der Waals surface area contributed by atoms with Gasteiger partial charge in [-0.2, -0.15) is 0 Å². The number of carbonyl (C=O) groups is 2. The molecule has 1 aliphatic rings. The average molecular weight is 407 g/mol. The van der Waals surface area contributed by atoms with Crippen LogP contribution in [0.4, 0.5) is 0 Å². The van der Waals surface area contributed by atoms with Crippen LogP contribution in [0.3, 0.4) is 0 Å². The maximum absolute atomic E-state index is 12.8. The predicted molar refractivity (Wildman–Crippen MR) is 104 cm³/mol. The van der Waals surface area contributed by atoms with Crippen molar-refractivity contribution in [2.24, 2.45) is 5.41 Å². The van der Waals surface area contributed by atoms with Crippen LogP contribution in [0.1, 0.15) is 64.5 Å². The lowest BCUT2D eigenvalue weighted by atomic mass is 9.74. The van der Waals surface area contributed by atoms with Crippen LogP contribution >= 0.6 is 11.3 Å². The maximum atomic E-state index is 12.8. The normalized spacial score (nSPS) is 17.3. The van der Waals surface area contributed by atoms with Crippen LogP contribution in [0.2, 0.25) is 0 Å². The summed E-state index contributed by atoms with van der Waals surface area (Å²) in [5.74, 6) is -0.818. The molecule has 1 unspecified atom stereocenters. The zero-order chi connectivity index (χ0) is 20.0. The number of hydrogen-bond donors (Lipinski definition) is 0. The van der Waals surface area contributed by atoms with E-state index in [-0.39, 0.29) is 32.3 Å². The molecule has 1 aliphatic carbocycles. The van der Waals surface area contributed by atoms with Crippen LogP contribution in [0, 0.1) is 5.41 Å². The van der Waals surface area contributed by atoms with Gasteiger partial charge < -0.3 is 4.74 Å². The summed E-state index contributed by atoms with van der Waals surface area (Å²) in [7, 11) is -3.62. The number of carbonyl (C=O) groups excluding carboxylic acids is 2. The van der Waals surface area contributed by atoms with E-state index in [0.717, 1.165) is 23.2 Å². The molecule has 1 atom stereocenters. The maximum Gasteiger partial charge on any atom is 0.349 e. The van der Waals surface area contributed by atoms with Gasteiger partial charge in [0, 0.05) is 12.7 Å². The van der Waals surface area contributed by atoms with Gasteiger partial charge in [0.2, 0.25) is 0 Å². The van der Waals surface area contributed by atoms with Gasteiger partial charge in [-0.05, 0) is 29.9 Å². The quantitative estimate of drug-likeness (QED) is 0.710. The van der Waals surface area contributed by atoms with E-state index in [1.165, 1.54) is 0 Å². The second-order valence-corrected chi connectivity index (χ2v) is 11.0. The highest BCUT2D eigenvalue weighted by Crippen LogP contribution is 2.43. The van der Waals surface area contributed by atoms with Crippen molar-refractivity contribution < 1.29 is 22.7 Å². The molecule has 1 aromatic heterocycles. The molecule has 3 rings (SSSR count). The van der Waals surface area contributed by atoms with Crippen LogP contribution in [-0.2, 0) is 21.0 Å². The molecule has 1 heterocycles. The highest BCUT2D eigenvalue weighted by atomic mass is 32.2. The van der Waals surface area contributed by atoms with E-state index in [1.807, 2.05) is 44.2 Å². The van der Waals surface area contributed by atoms with Crippen molar-refractivity contribution in [1.82, 2.24) is 0 Å². The summed E-state index contributed by atoms with van der Waals surface area (Å²) in [6.45, 7) is 5.64. The Balaban J connectivity index is 2.03. The zero-order valence-corrected chi connectivity index (χ0v) is 17.4. The molecule has 0 fully saturated rings. The number of esters is 1. The number of hydrogen-bond acceptors (Lipinski definition) is 6. The van der Waals surface area contributed by atoms with Crippen LogP contribution < -0.4 is 0 Å². The van der Waals surface area contributed by atoms with E-state index in [1.54, 1.807) is 6.92 Å². The van der Waals surface area contributed by atoms with E-state index in [4.69, 9.17) is 4.74 Å². The van der Waals surface area contributed by atoms with Gasteiger partial charge in [-0.15, -0.1) is 11.3 Å². The molecule has 144 valence electrons. The molecule has 0 bridgehead atoms. The van der Waals surface area contributed by atoms with Crippen LogP contribution in [0.15, 0.2) is 34.5 Å². The predicted octanol–water partition coefficient (Wildman–Crippen LogP) is 4.22. The number of rotatable bonds is 4. The smallest absolute Gasteiger partial charge is 0.349 e. The first-order chi connectivity index (χ1) is 12.5. The van der Waals surface area contributed by atoms with E-state index in [0.29, 0.717) is 12.0 Å². The SMILES string of the molecule is CC(OC(=O)c1sc(S(C)(=O)=O)c2c1CC(C)(C)CC2=O)c1ccccc1. The summed E-state index contributed by atoms with van der Waals surface area (Å²) in [4.78, 5) is 25.7. The number of ether oxygens (including phenoxy) is 1. The number of sulfone groups is 1. The van der Waals surface area contributed by atoms with Crippen molar-refractivity contribution >= 4 is 32.9 Å². The molecule has 0 spiro atoms. The Bertz CT molecular complexity index is 1000. The minimum atomic E-state index is -3.62. The van der Waals surface area contributed by atoms with E-state index >= 15 is 0 Å². The standard InChI is InChI=1S/C20H22O5S2/c1-12(13-8-6-5-7-9-13)25-18(22)17-14-10-20(2,3)11-15(21)16(14)19(26-17)27(4,23)24/h5-9,12H,10-11H2,1-4H3. The molecule has 0 N–H and O–H groups in total. The van der Waals surface area contributed by atoms with Crippen molar-refractivity contribution in [2.45, 2.75) is 43.9 Å². The Labute approximate surface area is 163 Å². The van der Waals surface area contributed by atoms with Crippen molar-refractivity contribution in [3.63, 3.8) is 0 Å². The number of Topliss-reactive ketones (excluding diaryl/α,β-unsaturated/α-hetero) is 1. The summed E-state index contributed by atoms with van der Waals surface area (Å²) < 4.78 is 29.9. The molecule has 0 saturated heterocycles. The first-order valence-corrected chi connectivity index (χ1v) is 11.4. The number of thiophene rings is 1.